The maximum Gasteiger partial charge on any atom is 0.269 e. The van der Waals surface area contributed by atoms with Crippen molar-refractivity contribution in [3.8, 4) is 0 Å². The smallest absolute Gasteiger partial charge is 0.269 e. The Morgan fingerprint density at radius 2 is 2.05 bits per heavy atom. The van der Waals surface area contributed by atoms with Gasteiger partial charge < -0.3 is 5.32 Å². The molecule has 21 heavy (non-hydrogen) atoms. The third-order valence-corrected chi connectivity index (χ3v) is 3.56. The van der Waals surface area contributed by atoms with Gasteiger partial charge in [-0.05, 0) is 26.3 Å². The van der Waals surface area contributed by atoms with Crippen molar-refractivity contribution < 1.29 is 4.92 Å². The first-order chi connectivity index (χ1) is 10.0. The van der Waals surface area contributed by atoms with Crippen LogP contribution in [0.3, 0.4) is 0 Å². The minimum absolute atomic E-state index is 0.0184. The van der Waals surface area contributed by atoms with Crippen molar-refractivity contribution in [2.75, 3.05) is 0 Å². The Balaban J connectivity index is 2.08. The molecule has 2 atom stereocenters. The van der Waals surface area contributed by atoms with E-state index in [4.69, 9.17) is 0 Å². The fourth-order valence-electron chi connectivity index (χ4n) is 2.25. The van der Waals surface area contributed by atoms with E-state index in [1.165, 1.54) is 6.07 Å². The predicted molar refractivity (Wildman–Crippen MR) is 81.0 cm³/mol. The maximum atomic E-state index is 10.8. The second-order valence-corrected chi connectivity index (χ2v) is 5.09. The predicted octanol–water partition coefficient (Wildman–Crippen LogP) is 3.22. The van der Waals surface area contributed by atoms with E-state index in [2.05, 4.69) is 17.3 Å². The van der Waals surface area contributed by atoms with Crippen LogP contribution in [0.1, 0.15) is 44.0 Å². The van der Waals surface area contributed by atoms with Crippen LogP contribution in [-0.2, 0) is 6.54 Å². The standard InChI is InChI=1S/C15H20N4O2/c1-4-18-10-14(9-16-18)12(3)17-11(2)13-6-5-7-15(8-13)19(20)21/h5-12,17H,4H2,1-3H3. The molecule has 0 bridgehead atoms. The number of nitro benzene ring substituents is 1. The first-order valence-electron chi connectivity index (χ1n) is 7.04. The SMILES string of the molecule is CCn1cc(C(C)NC(C)c2cccc([N+](=O)[O-])c2)cn1. The molecule has 0 amide bonds. The molecule has 1 N–H and O–H groups in total. The van der Waals surface area contributed by atoms with Gasteiger partial charge in [-0.3, -0.25) is 14.8 Å². The van der Waals surface area contributed by atoms with Crippen molar-refractivity contribution in [1.82, 2.24) is 15.1 Å². The fraction of sp³-hybridized carbons (Fsp3) is 0.400. The summed E-state index contributed by atoms with van der Waals surface area (Å²) in [6.07, 6.45) is 3.86. The summed E-state index contributed by atoms with van der Waals surface area (Å²) in [6.45, 7) is 6.94. The van der Waals surface area contributed by atoms with E-state index in [1.54, 1.807) is 12.1 Å². The van der Waals surface area contributed by atoms with E-state index >= 15 is 0 Å². The number of benzene rings is 1. The molecule has 2 unspecified atom stereocenters. The first-order valence-corrected chi connectivity index (χ1v) is 7.04. The van der Waals surface area contributed by atoms with Crippen LogP contribution in [-0.4, -0.2) is 14.7 Å². The summed E-state index contributed by atoms with van der Waals surface area (Å²) in [5, 5.41) is 18.5. The monoisotopic (exact) mass is 288 g/mol. The van der Waals surface area contributed by atoms with Gasteiger partial charge in [0.05, 0.1) is 11.1 Å². The quantitative estimate of drug-likeness (QED) is 0.654. The minimum atomic E-state index is -0.370. The highest BCUT2D eigenvalue weighted by Gasteiger charge is 2.15. The van der Waals surface area contributed by atoms with Gasteiger partial charge in [0.25, 0.3) is 5.69 Å². The van der Waals surface area contributed by atoms with Crippen LogP contribution in [0, 0.1) is 10.1 Å². The Bertz CT molecular complexity index is 624. The minimum Gasteiger partial charge on any atom is -0.304 e. The summed E-state index contributed by atoms with van der Waals surface area (Å²) in [5.41, 5.74) is 2.13. The largest absolute Gasteiger partial charge is 0.304 e. The van der Waals surface area contributed by atoms with Gasteiger partial charge in [0, 0.05) is 42.5 Å². The van der Waals surface area contributed by atoms with Crippen molar-refractivity contribution in [2.24, 2.45) is 0 Å². The second-order valence-electron chi connectivity index (χ2n) is 5.09. The van der Waals surface area contributed by atoms with E-state index in [0.717, 1.165) is 17.7 Å². The van der Waals surface area contributed by atoms with Gasteiger partial charge in [0.1, 0.15) is 0 Å². The van der Waals surface area contributed by atoms with E-state index in [9.17, 15) is 10.1 Å². The van der Waals surface area contributed by atoms with Crippen molar-refractivity contribution in [2.45, 2.75) is 39.4 Å². The highest BCUT2D eigenvalue weighted by atomic mass is 16.6. The molecular weight excluding hydrogens is 268 g/mol. The number of nitrogens with zero attached hydrogens (tertiary/aromatic N) is 3. The molecule has 0 saturated heterocycles. The van der Waals surface area contributed by atoms with E-state index < -0.39 is 0 Å². The number of rotatable bonds is 6. The van der Waals surface area contributed by atoms with E-state index in [0.29, 0.717) is 0 Å². The number of non-ortho nitro benzene ring substituents is 1. The average Bonchev–Trinajstić information content (AvgIpc) is 2.96. The normalized spacial score (nSPS) is 13.9. The Morgan fingerprint density at radius 3 is 2.67 bits per heavy atom. The number of hydrogen-bond acceptors (Lipinski definition) is 4. The van der Waals surface area contributed by atoms with Gasteiger partial charge in [0.2, 0.25) is 0 Å². The lowest BCUT2D eigenvalue weighted by molar-refractivity contribution is -0.384. The summed E-state index contributed by atoms with van der Waals surface area (Å²) in [4.78, 5) is 10.5. The summed E-state index contributed by atoms with van der Waals surface area (Å²) in [6, 6.07) is 6.87. The lowest BCUT2D eigenvalue weighted by atomic mass is 10.1. The van der Waals surface area contributed by atoms with Crippen molar-refractivity contribution in [3.63, 3.8) is 0 Å². The molecule has 0 fully saturated rings. The zero-order valence-corrected chi connectivity index (χ0v) is 12.5. The number of nitrogens with one attached hydrogen (secondary N) is 1. The molecule has 0 spiro atoms. The lowest BCUT2D eigenvalue weighted by Crippen LogP contribution is -2.22. The molecule has 1 heterocycles. The van der Waals surface area contributed by atoms with Gasteiger partial charge in [-0.2, -0.15) is 5.10 Å². The topological polar surface area (TPSA) is 73.0 Å². The molecule has 0 aliphatic carbocycles. The van der Waals surface area contributed by atoms with Crippen LogP contribution < -0.4 is 5.32 Å². The van der Waals surface area contributed by atoms with Crippen LogP contribution in [0.25, 0.3) is 0 Å². The third kappa shape index (κ3) is 3.66. The van der Waals surface area contributed by atoms with Crippen molar-refractivity contribution in [1.29, 1.82) is 0 Å². The molecular formula is C15H20N4O2. The van der Waals surface area contributed by atoms with E-state index in [1.807, 2.05) is 37.0 Å². The van der Waals surface area contributed by atoms with Gasteiger partial charge >= 0.3 is 0 Å². The Hall–Kier alpha value is -2.21. The molecule has 6 heteroatoms. The highest BCUT2D eigenvalue weighted by molar-refractivity contribution is 5.35. The van der Waals surface area contributed by atoms with E-state index in [-0.39, 0.29) is 22.7 Å². The number of nitro groups is 1. The number of aromatic nitrogens is 2. The molecule has 2 rings (SSSR count). The summed E-state index contributed by atoms with van der Waals surface area (Å²) in [7, 11) is 0. The van der Waals surface area contributed by atoms with Crippen molar-refractivity contribution in [3.05, 3.63) is 57.9 Å². The molecule has 0 aliphatic rings. The summed E-state index contributed by atoms with van der Waals surface area (Å²) < 4.78 is 1.88. The van der Waals surface area contributed by atoms with Gasteiger partial charge in [-0.25, -0.2) is 0 Å². The van der Waals surface area contributed by atoms with Gasteiger partial charge in [-0.1, -0.05) is 12.1 Å². The molecule has 112 valence electrons. The molecule has 6 nitrogen and oxygen atoms in total. The number of aryl methyl sites for hydroxylation is 1. The highest BCUT2D eigenvalue weighted by Crippen LogP contribution is 2.22. The Kier molecular flexibility index (Phi) is 4.70. The van der Waals surface area contributed by atoms with Crippen LogP contribution in [0.2, 0.25) is 0 Å². The molecule has 0 saturated carbocycles. The zero-order valence-electron chi connectivity index (χ0n) is 12.5. The summed E-state index contributed by atoms with van der Waals surface area (Å²) in [5.74, 6) is 0. The van der Waals surface area contributed by atoms with Crippen LogP contribution in [0.4, 0.5) is 5.69 Å². The summed E-state index contributed by atoms with van der Waals surface area (Å²) >= 11 is 0. The van der Waals surface area contributed by atoms with Gasteiger partial charge in [0.15, 0.2) is 0 Å². The molecule has 1 aromatic heterocycles. The average molecular weight is 288 g/mol. The van der Waals surface area contributed by atoms with Crippen LogP contribution in [0.5, 0.6) is 0 Å². The first kappa shape index (κ1) is 15.2. The molecule has 2 aromatic rings. The van der Waals surface area contributed by atoms with Gasteiger partial charge in [-0.15, -0.1) is 0 Å². The third-order valence-electron chi connectivity index (χ3n) is 3.56. The lowest BCUT2D eigenvalue weighted by Gasteiger charge is -2.19. The van der Waals surface area contributed by atoms with Crippen LogP contribution >= 0.6 is 0 Å². The second kappa shape index (κ2) is 6.49. The zero-order chi connectivity index (χ0) is 15.4. The Labute approximate surface area is 123 Å². The van der Waals surface area contributed by atoms with Crippen LogP contribution in [0.15, 0.2) is 36.7 Å². The number of hydrogen-bond donors (Lipinski definition) is 1. The fourth-order valence-corrected chi connectivity index (χ4v) is 2.25. The van der Waals surface area contributed by atoms with Crippen molar-refractivity contribution >= 4 is 5.69 Å². The molecule has 0 radical (unpaired) electrons. The molecule has 0 aliphatic heterocycles. The Morgan fingerprint density at radius 1 is 1.33 bits per heavy atom. The molecule has 1 aromatic carbocycles. The maximum absolute atomic E-state index is 10.8.